The fourth-order valence-electron chi connectivity index (χ4n) is 2.41. The minimum absolute atomic E-state index is 0.0725. The number of ether oxygens (including phenoxy) is 1. The number of nitrogens with one attached hydrogen (secondary N) is 1. The summed E-state index contributed by atoms with van der Waals surface area (Å²) in [4.78, 5) is 23.7. The normalized spacial score (nSPS) is 11.6. The van der Waals surface area contributed by atoms with E-state index in [1.165, 1.54) is 0 Å². The van der Waals surface area contributed by atoms with Crippen LogP contribution in [0.2, 0.25) is 0 Å². The summed E-state index contributed by atoms with van der Waals surface area (Å²) in [6, 6.07) is 16.3. The van der Waals surface area contributed by atoms with Crippen LogP contribution in [-0.4, -0.2) is 30.1 Å². The van der Waals surface area contributed by atoms with E-state index in [1.54, 1.807) is 24.3 Å². The molecule has 132 valence electrons. The Morgan fingerprint density at radius 1 is 1.12 bits per heavy atom. The monoisotopic (exact) mass is 341 g/mol. The predicted octanol–water partition coefficient (Wildman–Crippen LogP) is 3.15. The summed E-state index contributed by atoms with van der Waals surface area (Å²) in [6.45, 7) is 2.67. The van der Waals surface area contributed by atoms with E-state index in [0.717, 1.165) is 12.0 Å². The van der Waals surface area contributed by atoms with Gasteiger partial charge in [0.1, 0.15) is 5.75 Å². The van der Waals surface area contributed by atoms with Crippen LogP contribution in [0.15, 0.2) is 54.6 Å². The first-order valence-corrected chi connectivity index (χ1v) is 8.38. The lowest BCUT2D eigenvalue weighted by Gasteiger charge is -2.14. The smallest absolute Gasteiger partial charge is 0.308 e. The molecule has 2 N–H and O–H groups in total. The van der Waals surface area contributed by atoms with Crippen LogP contribution in [0.1, 0.15) is 29.3 Å². The van der Waals surface area contributed by atoms with Gasteiger partial charge in [-0.25, -0.2) is 0 Å². The van der Waals surface area contributed by atoms with Gasteiger partial charge in [-0.15, -0.1) is 0 Å². The molecule has 0 aromatic heterocycles. The molecule has 0 bridgehead atoms. The Labute approximate surface area is 147 Å². The van der Waals surface area contributed by atoms with Crippen LogP contribution in [0.4, 0.5) is 0 Å². The van der Waals surface area contributed by atoms with Gasteiger partial charge in [0, 0.05) is 12.1 Å². The number of carboxylic acids is 1. The molecule has 0 spiro atoms. The Kier molecular flexibility index (Phi) is 7.01. The second-order valence-corrected chi connectivity index (χ2v) is 5.81. The summed E-state index contributed by atoms with van der Waals surface area (Å²) in [6.07, 6.45) is 1.26. The van der Waals surface area contributed by atoms with Crippen molar-refractivity contribution in [3.05, 3.63) is 65.7 Å². The maximum Gasteiger partial charge on any atom is 0.308 e. The van der Waals surface area contributed by atoms with E-state index < -0.39 is 11.9 Å². The number of hydrogen-bond acceptors (Lipinski definition) is 3. The molecule has 0 fully saturated rings. The van der Waals surface area contributed by atoms with E-state index in [-0.39, 0.29) is 12.5 Å². The van der Waals surface area contributed by atoms with Gasteiger partial charge in [-0.3, -0.25) is 9.59 Å². The molecule has 2 aromatic rings. The van der Waals surface area contributed by atoms with Crippen molar-refractivity contribution in [1.29, 1.82) is 0 Å². The summed E-state index contributed by atoms with van der Waals surface area (Å²) in [5, 5.41) is 12.1. The van der Waals surface area contributed by atoms with Gasteiger partial charge in [0.15, 0.2) is 0 Å². The highest BCUT2D eigenvalue weighted by Gasteiger charge is 2.19. The van der Waals surface area contributed by atoms with Crippen LogP contribution in [-0.2, 0) is 11.2 Å². The quantitative estimate of drug-likeness (QED) is 0.735. The van der Waals surface area contributed by atoms with Crippen LogP contribution in [0.5, 0.6) is 5.75 Å². The average Bonchev–Trinajstić information content (AvgIpc) is 2.64. The molecule has 0 saturated carbocycles. The van der Waals surface area contributed by atoms with Crippen molar-refractivity contribution in [3.63, 3.8) is 0 Å². The lowest BCUT2D eigenvalue weighted by molar-refractivity contribution is -0.141. The van der Waals surface area contributed by atoms with Crippen LogP contribution < -0.4 is 10.1 Å². The van der Waals surface area contributed by atoms with Crippen molar-refractivity contribution in [2.75, 3.05) is 13.2 Å². The number of rotatable bonds is 9. The van der Waals surface area contributed by atoms with E-state index in [9.17, 15) is 14.7 Å². The number of carboxylic acid groups (broad SMARTS) is 1. The number of aliphatic carboxylic acids is 1. The third-order valence-electron chi connectivity index (χ3n) is 3.75. The van der Waals surface area contributed by atoms with Gasteiger partial charge < -0.3 is 15.2 Å². The topological polar surface area (TPSA) is 75.6 Å². The van der Waals surface area contributed by atoms with Crippen LogP contribution in [0.3, 0.4) is 0 Å². The van der Waals surface area contributed by atoms with Crippen molar-refractivity contribution >= 4 is 11.9 Å². The van der Waals surface area contributed by atoms with Crippen molar-refractivity contribution in [1.82, 2.24) is 5.32 Å². The molecule has 0 aliphatic heterocycles. The Bertz CT molecular complexity index is 700. The zero-order valence-corrected chi connectivity index (χ0v) is 14.3. The highest BCUT2D eigenvalue weighted by atomic mass is 16.5. The summed E-state index contributed by atoms with van der Waals surface area (Å²) in [5.41, 5.74) is 1.39. The maximum absolute atomic E-state index is 12.3. The first kappa shape index (κ1) is 18.5. The molecule has 0 radical (unpaired) electrons. The van der Waals surface area contributed by atoms with Gasteiger partial charge in [-0.1, -0.05) is 43.3 Å². The molecular formula is C20H23NO4. The second kappa shape index (κ2) is 9.47. The summed E-state index contributed by atoms with van der Waals surface area (Å²) < 4.78 is 5.51. The summed E-state index contributed by atoms with van der Waals surface area (Å²) >= 11 is 0. The van der Waals surface area contributed by atoms with Crippen LogP contribution in [0, 0.1) is 5.92 Å². The predicted molar refractivity (Wildman–Crippen MR) is 95.8 cm³/mol. The second-order valence-electron chi connectivity index (χ2n) is 5.81. The molecule has 1 unspecified atom stereocenters. The standard InChI is InChI=1S/C20H23NO4/c1-2-11-25-18-10-6-9-16(13-18)19(22)21-14-17(20(23)24)12-15-7-4-3-5-8-15/h3-10,13,17H,2,11-12,14H2,1H3,(H,21,22)(H,23,24). The van der Waals surface area contributed by atoms with E-state index in [0.29, 0.717) is 24.3 Å². The van der Waals surface area contributed by atoms with Crippen molar-refractivity contribution in [2.24, 2.45) is 5.92 Å². The Morgan fingerprint density at radius 3 is 2.56 bits per heavy atom. The average molecular weight is 341 g/mol. The first-order valence-electron chi connectivity index (χ1n) is 8.38. The zero-order valence-electron chi connectivity index (χ0n) is 14.3. The Balaban J connectivity index is 1.95. The minimum atomic E-state index is -0.927. The van der Waals surface area contributed by atoms with Crippen molar-refractivity contribution in [2.45, 2.75) is 19.8 Å². The SMILES string of the molecule is CCCOc1cccc(C(=O)NCC(Cc2ccccc2)C(=O)O)c1. The third kappa shape index (κ3) is 5.95. The zero-order chi connectivity index (χ0) is 18.1. The van der Waals surface area contributed by atoms with E-state index in [4.69, 9.17) is 4.74 Å². The van der Waals surface area contributed by atoms with Gasteiger partial charge in [0.25, 0.3) is 5.91 Å². The van der Waals surface area contributed by atoms with E-state index in [1.807, 2.05) is 37.3 Å². The highest BCUT2D eigenvalue weighted by molar-refractivity contribution is 5.94. The molecule has 0 aliphatic carbocycles. The van der Waals surface area contributed by atoms with E-state index in [2.05, 4.69) is 5.32 Å². The number of benzene rings is 2. The van der Waals surface area contributed by atoms with E-state index >= 15 is 0 Å². The summed E-state index contributed by atoms with van der Waals surface area (Å²) in [7, 11) is 0. The molecule has 1 amide bonds. The Hall–Kier alpha value is -2.82. The third-order valence-corrected chi connectivity index (χ3v) is 3.75. The van der Waals surface area contributed by atoms with Crippen LogP contribution >= 0.6 is 0 Å². The number of carbonyl (C=O) groups is 2. The largest absolute Gasteiger partial charge is 0.494 e. The molecule has 0 heterocycles. The van der Waals surface area contributed by atoms with Gasteiger partial charge >= 0.3 is 5.97 Å². The van der Waals surface area contributed by atoms with Crippen LogP contribution in [0.25, 0.3) is 0 Å². The lowest BCUT2D eigenvalue weighted by Crippen LogP contribution is -2.34. The lowest BCUT2D eigenvalue weighted by atomic mass is 9.99. The Morgan fingerprint density at radius 2 is 1.88 bits per heavy atom. The molecule has 0 aliphatic rings. The molecule has 25 heavy (non-hydrogen) atoms. The first-order chi connectivity index (χ1) is 12.1. The fourth-order valence-corrected chi connectivity index (χ4v) is 2.41. The highest BCUT2D eigenvalue weighted by Crippen LogP contribution is 2.14. The molecule has 5 nitrogen and oxygen atoms in total. The molecule has 1 atom stereocenters. The minimum Gasteiger partial charge on any atom is -0.494 e. The number of hydrogen-bond donors (Lipinski definition) is 2. The van der Waals surface area contributed by atoms with Crippen molar-refractivity contribution < 1.29 is 19.4 Å². The molecule has 5 heteroatoms. The van der Waals surface area contributed by atoms with Gasteiger partial charge in [0.05, 0.1) is 12.5 Å². The van der Waals surface area contributed by atoms with Gasteiger partial charge in [0.2, 0.25) is 0 Å². The molecule has 2 aromatic carbocycles. The summed E-state index contributed by atoms with van der Waals surface area (Å²) in [5.74, 6) is -1.27. The molecule has 0 saturated heterocycles. The van der Waals surface area contributed by atoms with Crippen molar-refractivity contribution in [3.8, 4) is 5.75 Å². The number of carbonyl (C=O) groups excluding carboxylic acids is 1. The number of amides is 1. The molecular weight excluding hydrogens is 318 g/mol. The van der Waals surface area contributed by atoms with Gasteiger partial charge in [-0.2, -0.15) is 0 Å². The fraction of sp³-hybridized carbons (Fsp3) is 0.300. The molecule has 2 rings (SSSR count). The van der Waals surface area contributed by atoms with Gasteiger partial charge in [-0.05, 0) is 36.6 Å². The maximum atomic E-state index is 12.3.